The molecule has 1 aromatic heterocycles. The maximum Gasteiger partial charge on any atom is 0.417 e. The summed E-state index contributed by atoms with van der Waals surface area (Å²) in [5.74, 6) is 1.77. The number of nitrogens with one attached hydrogen (secondary N) is 2. The van der Waals surface area contributed by atoms with E-state index in [2.05, 4.69) is 24.9 Å². The molecule has 1 aliphatic heterocycles. The van der Waals surface area contributed by atoms with Crippen LogP contribution in [0.2, 0.25) is 0 Å². The SMILES string of the molecule is Cc1nc(NCCNS(=O)(=O)c2ccccc2C(F)(F)F)cc(N2CCOCC2)n1. The molecule has 0 bridgehead atoms. The fourth-order valence-electron chi connectivity index (χ4n) is 2.99. The number of aryl methyl sites for hydroxylation is 1. The lowest BCUT2D eigenvalue weighted by atomic mass is 10.2. The van der Waals surface area contributed by atoms with Crippen LogP contribution in [0.4, 0.5) is 24.8 Å². The zero-order valence-electron chi connectivity index (χ0n) is 16.2. The minimum Gasteiger partial charge on any atom is -0.378 e. The van der Waals surface area contributed by atoms with E-state index in [1.165, 1.54) is 6.07 Å². The van der Waals surface area contributed by atoms with Gasteiger partial charge in [0.25, 0.3) is 0 Å². The predicted molar refractivity (Wildman–Crippen MR) is 105 cm³/mol. The van der Waals surface area contributed by atoms with Gasteiger partial charge in [-0.1, -0.05) is 12.1 Å². The van der Waals surface area contributed by atoms with E-state index < -0.39 is 26.7 Å². The first-order chi connectivity index (χ1) is 14.2. The van der Waals surface area contributed by atoms with Gasteiger partial charge in [0.15, 0.2) is 0 Å². The van der Waals surface area contributed by atoms with Crippen LogP contribution >= 0.6 is 0 Å². The van der Waals surface area contributed by atoms with Gasteiger partial charge in [0.1, 0.15) is 17.5 Å². The molecule has 0 atom stereocenters. The molecule has 3 rings (SSSR count). The van der Waals surface area contributed by atoms with Crippen molar-refractivity contribution in [2.45, 2.75) is 18.0 Å². The van der Waals surface area contributed by atoms with Crippen molar-refractivity contribution in [3.05, 3.63) is 41.7 Å². The Balaban J connectivity index is 1.62. The van der Waals surface area contributed by atoms with Gasteiger partial charge in [0.05, 0.1) is 23.7 Å². The number of hydrogen-bond donors (Lipinski definition) is 2. The Morgan fingerprint density at radius 1 is 1.13 bits per heavy atom. The van der Waals surface area contributed by atoms with Gasteiger partial charge in [-0.15, -0.1) is 0 Å². The first kappa shape index (κ1) is 22.2. The average molecular weight is 445 g/mol. The Labute approximate surface area is 172 Å². The van der Waals surface area contributed by atoms with Crippen LogP contribution in [0.1, 0.15) is 11.4 Å². The van der Waals surface area contributed by atoms with Gasteiger partial charge < -0.3 is 15.0 Å². The number of sulfonamides is 1. The van der Waals surface area contributed by atoms with Crippen molar-refractivity contribution in [1.82, 2.24) is 14.7 Å². The van der Waals surface area contributed by atoms with Crippen molar-refractivity contribution in [2.75, 3.05) is 49.6 Å². The third kappa shape index (κ3) is 5.58. The van der Waals surface area contributed by atoms with Gasteiger partial charge in [0, 0.05) is 32.2 Å². The van der Waals surface area contributed by atoms with Crippen molar-refractivity contribution in [3.8, 4) is 0 Å². The van der Waals surface area contributed by atoms with Crippen LogP contribution in [0.25, 0.3) is 0 Å². The lowest BCUT2D eigenvalue weighted by Gasteiger charge is -2.28. The first-order valence-corrected chi connectivity index (χ1v) is 10.7. The molecular weight excluding hydrogens is 423 g/mol. The molecule has 164 valence electrons. The van der Waals surface area contributed by atoms with Crippen molar-refractivity contribution >= 4 is 21.7 Å². The van der Waals surface area contributed by atoms with Gasteiger partial charge in [-0.05, 0) is 19.1 Å². The summed E-state index contributed by atoms with van der Waals surface area (Å²) in [6, 6.07) is 5.81. The molecule has 8 nitrogen and oxygen atoms in total. The molecule has 0 aliphatic carbocycles. The molecule has 1 saturated heterocycles. The van der Waals surface area contributed by atoms with Crippen LogP contribution in [0.15, 0.2) is 35.2 Å². The van der Waals surface area contributed by atoms with Gasteiger partial charge in [-0.25, -0.2) is 23.1 Å². The molecule has 0 saturated carbocycles. The summed E-state index contributed by atoms with van der Waals surface area (Å²) in [5, 5.41) is 2.98. The van der Waals surface area contributed by atoms with Gasteiger partial charge in [-0.3, -0.25) is 0 Å². The minimum absolute atomic E-state index is 0.121. The Morgan fingerprint density at radius 3 is 2.53 bits per heavy atom. The van der Waals surface area contributed by atoms with E-state index >= 15 is 0 Å². The third-order valence-corrected chi connectivity index (χ3v) is 5.88. The highest BCUT2D eigenvalue weighted by molar-refractivity contribution is 7.89. The lowest BCUT2D eigenvalue weighted by molar-refractivity contribution is -0.139. The summed E-state index contributed by atoms with van der Waals surface area (Å²) in [6.07, 6.45) is -4.77. The van der Waals surface area contributed by atoms with Crippen molar-refractivity contribution in [3.63, 3.8) is 0 Å². The number of rotatable bonds is 7. The molecule has 0 spiro atoms. The third-order valence-electron chi connectivity index (χ3n) is 4.36. The second-order valence-corrected chi connectivity index (χ2v) is 8.31. The van der Waals surface area contributed by atoms with Crippen molar-refractivity contribution < 1.29 is 26.3 Å². The highest BCUT2D eigenvalue weighted by Gasteiger charge is 2.36. The second-order valence-electron chi connectivity index (χ2n) is 6.58. The molecule has 30 heavy (non-hydrogen) atoms. The van der Waals surface area contributed by atoms with Crippen LogP contribution in [0, 0.1) is 6.92 Å². The van der Waals surface area contributed by atoms with E-state index in [9.17, 15) is 21.6 Å². The standard InChI is InChI=1S/C18H22F3N5O3S/c1-13-24-16(12-17(25-13)26-8-10-29-11-9-26)22-6-7-23-30(27,28)15-5-3-2-4-14(15)18(19,20)21/h2-5,12,23H,6-11H2,1H3,(H,22,24,25). The quantitative estimate of drug-likeness (QED) is 0.630. The van der Waals surface area contributed by atoms with Crippen LogP contribution in [0.5, 0.6) is 0 Å². The summed E-state index contributed by atoms with van der Waals surface area (Å²) in [6.45, 7) is 4.37. The fraction of sp³-hybridized carbons (Fsp3) is 0.444. The first-order valence-electron chi connectivity index (χ1n) is 9.25. The summed E-state index contributed by atoms with van der Waals surface area (Å²) >= 11 is 0. The van der Waals surface area contributed by atoms with Crippen molar-refractivity contribution in [1.29, 1.82) is 0 Å². The molecule has 1 fully saturated rings. The highest BCUT2D eigenvalue weighted by atomic mass is 32.2. The van der Waals surface area contributed by atoms with Crippen LogP contribution < -0.4 is 14.9 Å². The van der Waals surface area contributed by atoms with E-state index in [0.29, 0.717) is 37.9 Å². The molecule has 2 heterocycles. The number of alkyl halides is 3. The van der Waals surface area contributed by atoms with Gasteiger partial charge in [-0.2, -0.15) is 13.2 Å². The smallest absolute Gasteiger partial charge is 0.378 e. The molecule has 12 heteroatoms. The number of hydrogen-bond acceptors (Lipinski definition) is 7. The summed E-state index contributed by atoms with van der Waals surface area (Å²) in [4.78, 5) is 9.91. The van der Waals surface area contributed by atoms with E-state index in [1.54, 1.807) is 13.0 Å². The van der Waals surface area contributed by atoms with Crippen LogP contribution in [-0.2, 0) is 20.9 Å². The summed E-state index contributed by atoms with van der Waals surface area (Å²) in [5.41, 5.74) is -1.20. The number of ether oxygens (including phenoxy) is 1. The van der Waals surface area contributed by atoms with Crippen LogP contribution in [0.3, 0.4) is 0 Å². The highest BCUT2D eigenvalue weighted by Crippen LogP contribution is 2.33. The Kier molecular flexibility index (Phi) is 6.78. The zero-order valence-corrected chi connectivity index (χ0v) is 17.1. The Bertz CT molecular complexity index is 979. The molecule has 0 radical (unpaired) electrons. The Hall–Kier alpha value is -2.44. The minimum atomic E-state index is -4.77. The monoisotopic (exact) mass is 445 g/mol. The number of nitrogens with zero attached hydrogens (tertiary/aromatic N) is 3. The van der Waals surface area contributed by atoms with Crippen molar-refractivity contribution in [2.24, 2.45) is 0 Å². The molecule has 2 N–H and O–H groups in total. The molecule has 0 unspecified atom stereocenters. The second kappa shape index (κ2) is 9.14. The van der Waals surface area contributed by atoms with E-state index in [0.717, 1.165) is 24.0 Å². The number of anilines is 2. The van der Waals surface area contributed by atoms with E-state index in [4.69, 9.17) is 4.74 Å². The van der Waals surface area contributed by atoms with Crippen LogP contribution in [-0.4, -0.2) is 57.8 Å². The predicted octanol–water partition coefficient (Wildman–Crippen LogP) is 2.03. The van der Waals surface area contributed by atoms with Gasteiger partial charge >= 0.3 is 6.18 Å². The Morgan fingerprint density at radius 2 is 1.83 bits per heavy atom. The topological polar surface area (TPSA) is 96.5 Å². The fourth-order valence-corrected chi connectivity index (χ4v) is 4.24. The van der Waals surface area contributed by atoms with Gasteiger partial charge in [0.2, 0.25) is 10.0 Å². The summed E-state index contributed by atoms with van der Waals surface area (Å²) < 4.78 is 71.5. The molecule has 1 aromatic carbocycles. The number of benzene rings is 1. The number of halogens is 3. The molecule has 2 aromatic rings. The summed E-state index contributed by atoms with van der Waals surface area (Å²) in [7, 11) is -4.33. The largest absolute Gasteiger partial charge is 0.417 e. The molecular formula is C18H22F3N5O3S. The number of morpholine rings is 1. The van der Waals surface area contributed by atoms with E-state index in [-0.39, 0.29) is 13.1 Å². The van der Waals surface area contributed by atoms with E-state index in [1.807, 2.05) is 0 Å². The molecule has 1 aliphatic rings. The lowest BCUT2D eigenvalue weighted by Crippen LogP contribution is -2.37. The molecule has 0 amide bonds. The maximum absolute atomic E-state index is 13.1. The average Bonchev–Trinajstić information content (AvgIpc) is 2.71. The zero-order chi connectivity index (χ0) is 21.8. The number of aromatic nitrogens is 2. The normalized spacial score (nSPS) is 15.3. The maximum atomic E-state index is 13.1.